The SMILES string of the molecule is C/C=C/[Si](C)(C)O[Si](C)(C)O[Si](C)(C)O[Si](C)(C)CCC. The van der Waals surface area contributed by atoms with Crippen LogP contribution in [0.25, 0.3) is 0 Å². The number of hydrogen-bond donors (Lipinski definition) is 0. The highest BCUT2D eigenvalue weighted by atomic mass is 28.5. The lowest BCUT2D eigenvalue weighted by molar-refractivity contribution is 0.330. The van der Waals surface area contributed by atoms with E-state index < -0.39 is 33.8 Å². The highest BCUT2D eigenvalue weighted by molar-refractivity contribution is 6.90. The standard InChI is InChI=1S/C14H36O3Si4/c1-11-13-18(3,4)15-20(7,8)17-21(9,10)16-19(5,6)14-12-2/h11,13H,12,14H2,1-10H3/b13-11+. The second-order valence-electron chi connectivity index (χ2n) is 7.72. The van der Waals surface area contributed by atoms with E-state index in [0.29, 0.717) is 0 Å². The van der Waals surface area contributed by atoms with Gasteiger partial charge in [-0.15, -0.1) is 0 Å². The van der Waals surface area contributed by atoms with Crippen LogP contribution >= 0.6 is 0 Å². The van der Waals surface area contributed by atoms with Crippen molar-refractivity contribution in [2.45, 2.75) is 78.7 Å². The maximum absolute atomic E-state index is 6.48. The summed E-state index contributed by atoms with van der Waals surface area (Å²) in [5, 5.41) is 0. The Hall–Kier alpha value is 0.488. The molecule has 0 unspecified atom stereocenters. The van der Waals surface area contributed by atoms with E-state index in [1.807, 2.05) is 6.92 Å². The highest BCUT2D eigenvalue weighted by Gasteiger charge is 2.42. The Kier molecular flexibility index (Phi) is 8.03. The summed E-state index contributed by atoms with van der Waals surface area (Å²) < 4.78 is 19.4. The van der Waals surface area contributed by atoms with Gasteiger partial charge in [0.1, 0.15) is 0 Å². The minimum Gasteiger partial charge on any atom is -0.436 e. The van der Waals surface area contributed by atoms with E-state index in [-0.39, 0.29) is 0 Å². The first-order valence-electron chi connectivity index (χ1n) is 7.98. The van der Waals surface area contributed by atoms with Crippen molar-refractivity contribution < 1.29 is 12.3 Å². The molecule has 0 aromatic heterocycles. The molecule has 0 aliphatic rings. The molecule has 126 valence electrons. The van der Waals surface area contributed by atoms with Gasteiger partial charge in [0.05, 0.1) is 0 Å². The molecule has 0 spiro atoms. The third-order valence-electron chi connectivity index (χ3n) is 2.94. The van der Waals surface area contributed by atoms with Crippen molar-refractivity contribution in [1.29, 1.82) is 0 Å². The summed E-state index contributed by atoms with van der Waals surface area (Å²) in [4.78, 5) is 0. The van der Waals surface area contributed by atoms with Gasteiger partial charge in [0.2, 0.25) is 0 Å². The molecule has 0 heterocycles. The van der Waals surface area contributed by atoms with Gasteiger partial charge < -0.3 is 12.3 Å². The summed E-state index contributed by atoms with van der Waals surface area (Å²) in [6, 6.07) is 1.19. The Morgan fingerprint density at radius 2 is 1.24 bits per heavy atom. The fourth-order valence-electron chi connectivity index (χ4n) is 3.02. The highest BCUT2D eigenvalue weighted by Crippen LogP contribution is 2.26. The van der Waals surface area contributed by atoms with E-state index in [1.165, 1.54) is 12.5 Å². The van der Waals surface area contributed by atoms with Gasteiger partial charge in [0.15, 0.2) is 16.6 Å². The molecule has 0 atom stereocenters. The van der Waals surface area contributed by atoms with Crippen LogP contribution in [0.5, 0.6) is 0 Å². The molecule has 0 saturated carbocycles. The average molecular weight is 365 g/mol. The second kappa shape index (κ2) is 7.85. The summed E-state index contributed by atoms with van der Waals surface area (Å²) in [5.74, 6) is 0. The summed E-state index contributed by atoms with van der Waals surface area (Å²) in [6.07, 6.45) is 3.27. The van der Waals surface area contributed by atoms with Crippen molar-refractivity contribution in [2.75, 3.05) is 0 Å². The summed E-state index contributed by atoms with van der Waals surface area (Å²) >= 11 is 0. The minimum atomic E-state index is -2.16. The van der Waals surface area contributed by atoms with E-state index >= 15 is 0 Å². The van der Waals surface area contributed by atoms with Crippen LogP contribution in [0.3, 0.4) is 0 Å². The van der Waals surface area contributed by atoms with Crippen LogP contribution in [0.15, 0.2) is 11.8 Å². The van der Waals surface area contributed by atoms with Gasteiger partial charge in [0, 0.05) is 0 Å². The monoisotopic (exact) mass is 364 g/mol. The Bertz CT molecular complexity index is 352. The summed E-state index contributed by atoms with van der Waals surface area (Å²) in [6.45, 7) is 21.9. The van der Waals surface area contributed by atoms with Crippen molar-refractivity contribution >= 4 is 33.8 Å². The first kappa shape index (κ1) is 21.5. The molecule has 0 amide bonds. The van der Waals surface area contributed by atoms with Gasteiger partial charge >= 0.3 is 17.1 Å². The van der Waals surface area contributed by atoms with E-state index in [9.17, 15) is 0 Å². The molecule has 7 heteroatoms. The van der Waals surface area contributed by atoms with E-state index in [4.69, 9.17) is 12.3 Å². The Morgan fingerprint density at radius 3 is 1.67 bits per heavy atom. The topological polar surface area (TPSA) is 27.7 Å². The lowest BCUT2D eigenvalue weighted by Gasteiger charge is -2.40. The first-order chi connectivity index (χ1) is 9.24. The largest absolute Gasteiger partial charge is 0.436 e. The van der Waals surface area contributed by atoms with Gasteiger partial charge in [0.25, 0.3) is 0 Å². The molecule has 0 bridgehead atoms. The predicted molar refractivity (Wildman–Crippen MR) is 103 cm³/mol. The maximum atomic E-state index is 6.48. The Balaban J connectivity index is 4.82. The molecule has 0 aromatic carbocycles. The molecular weight excluding hydrogens is 328 g/mol. The van der Waals surface area contributed by atoms with Gasteiger partial charge in [-0.05, 0) is 65.3 Å². The minimum absolute atomic E-state index is 1.18. The number of rotatable bonds is 9. The van der Waals surface area contributed by atoms with E-state index in [1.54, 1.807) is 0 Å². The van der Waals surface area contributed by atoms with Crippen molar-refractivity contribution in [2.24, 2.45) is 0 Å². The lowest BCUT2D eigenvalue weighted by Crippen LogP contribution is -2.56. The van der Waals surface area contributed by atoms with Gasteiger partial charge in [-0.3, -0.25) is 0 Å². The summed E-state index contributed by atoms with van der Waals surface area (Å²) in [7, 11) is -7.69. The van der Waals surface area contributed by atoms with Gasteiger partial charge in [-0.2, -0.15) is 0 Å². The average Bonchev–Trinajstić information content (AvgIpc) is 2.09. The lowest BCUT2D eigenvalue weighted by atomic mass is 10.6. The van der Waals surface area contributed by atoms with Gasteiger partial charge in [-0.25, -0.2) is 0 Å². The van der Waals surface area contributed by atoms with E-state index in [2.05, 4.69) is 71.1 Å². The number of hydrogen-bond acceptors (Lipinski definition) is 3. The molecule has 3 nitrogen and oxygen atoms in total. The molecule has 0 aliphatic heterocycles. The predicted octanol–water partition coefficient (Wildman–Crippen LogP) is 5.38. The normalized spacial score (nSPS) is 15.0. The molecule has 0 saturated heterocycles. The van der Waals surface area contributed by atoms with Crippen LogP contribution in [-0.2, 0) is 12.3 Å². The fraction of sp³-hybridized carbons (Fsp3) is 0.857. The van der Waals surface area contributed by atoms with Crippen LogP contribution in [0.4, 0.5) is 0 Å². The van der Waals surface area contributed by atoms with Crippen LogP contribution in [0, 0.1) is 0 Å². The second-order valence-corrected chi connectivity index (χ2v) is 23.3. The maximum Gasteiger partial charge on any atom is 0.312 e. The zero-order valence-corrected chi connectivity index (χ0v) is 19.8. The molecule has 0 aromatic rings. The summed E-state index contributed by atoms with van der Waals surface area (Å²) in [5.41, 5.74) is 2.22. The van der Waals surface area contributed by atoms with Crippen molar-refractivity contribution in [1.82, 2.24) is 0 Å². The number of allylic oxidation sites excluding steroid dienone is 1. The Labute approximate surface area is 136 Å². The van der Waals surface area contributed by atoms with E-state index in [0.717, 1.165) is 0 Å². The third-order valence-corrected chi connectivity index (χ3v) is 18.0. The van der Waals surface area contributed by atoms with Crippen LogP contribution in [0.2, 0.25) is 58.4 Å². The van der Waals surface area contributed by atoms with Crippen molar-refractivity contribution in [3.05, 3.63) is 11.8 Å². The Morgan fingerprint density at radius 1 is 0.762 bits per heavy atom. The quantitative estimate of drug-likeness (QED) is 0.514. The van der Waals surface area contributed by atoms with Crippen LogP contribution in [-0.4, -0.2) is 33.8 Å². The fourth-order valence-corrected chi connectivity index (χ4v) is 21.9. The molecule has 0 rings (SSSR count). The smallest absolute Gasteiger partial charge is 0.312 e. The molecule has 0 radical (unpaired) electrons. The molecular formula is C14H36O3Si4. The molecule has 0 aliphatic carbocycles. The van der Waals surface area contributed by atoms with Crippen LogP contribution in [0.1, 0.15) is 20.3 Å². The molecule has 21 heavy (non-hydrogen) atoms. The zero-order valence-electron chi connectivity index (χ0n) is 15.8. The van der Waals surface area contributed by atoms with Crippen molar-refractivity contribution in [3.8, 4) is 0 Å². The first-order valence-corrected chi connectivity index (χ1v) is 19.7. The van der Waals surface area contributed by atoms with Crippen molar-refractivity contribution in [3.63, 3.8) is 0 Å². The zero-order chi connectivity index (χ0) is 16.9. The van der Waals surface area contributed by atoms with Crippen LogP contribution < -0.4 is 0 Å². The molecule has 0 fully saturated rings. The molecule has 0 N–H and O–H groups in total. The van der Waals surface area contributed by atoms with Gasteiger partial charge in [-0.1, -0.05) is 25.1 Å². The third kappa shape index (κ3) is 9.98.